The maximum Gasteiger partial charge on any atom is 0.262 e. The molecule has 0 N–H and O–H groups in total. The highest BCUT2D eigenvalue weighted by atomic mass is 35.7. The quantitative estimate of drug-likeness (QED) is 0.718. The van der Waals surface area contributed by atoms with Gasteiger partial charge in [0, 0.05) is 30.9 Å². The Kier molecular flexibility index (Phi) is 6.64. The Morgan fingerprint density at radius 2 is 1.95 bits per heavy atom. The van der Waals surface area contributed by atoms with Gasteiger partial charge in [-0.05, 0) is 18.1 Å². The maximum atomic E-state index is 12.6. The van der Waals surface area contributed by atoms with Crippen molar-refractivity contribution < 1.29 is 17.9 Å². The lowest BCUT2D eigenvalue weighted by Gasteiger charge is -2.25. The van der Waals surface area contributed by atoms with Crippen molar-refractivity contribution in [2.24, 2.45) is 5.92 Å². The molecule has 0 aliphatic rings. The second kappa shape index (κ2) is 7.77. The molecule has 1 aromatic carbocycles. The van der Waals surface area contributed by atoms with Gasteiger partial charge in [-0.1, -0.05) is 26.0 Å². The van der Waals surface area contributed by atoms with E-state index in [1.54, 1.807) is 18.1 Å². The summed E-state index contributed by atoms with van der Waals surface area (Å²) in [5.41, 5.74) is 0.0873. The van der Waals surface area contributed by atoms with Crippen molar-refractivity contribution >= 4 is 25.6 Å². The van der Waals surface area contributed by atoms with E-state index in [2.05, 4.69) is 0 Å². The van der Waals surface area contributed by atoms with Gasteiger partial charge in [0.05, 0.1) is 17.1 Å². The molecular weight excluding hydrogens is 314 g/mol. The lowest BCUT2D eigenvalue weighted by atomic mass is 10.1. The molecule has 0 heterocycles. The summed E-state index contributed by atoms with van der Waals surface area (Å²) in [5.74, 6) is -0.105. The molecule has 0 spiro atoms. The van der Waals surface area contributed by atoms with Gasteiger partial charge in [-0.25, -0.2) is 8.42 Å². The minimum absolute atomic E-state index is 0.0873. The number of hydrogen-bond acceptors (Lipinski definition) is 4. The summed E-state index contributed by atoms with van der Waals surface area (Å²) in [7, 11) is 2.98. The number of rotatable bonds is 7. The second-order valence-corrected chi connectivity index (χ2v) is 7.61. The van der Waals surface area contributed by atoms with Crippen LogP contribution in [0.15, 0.2) is 29.2 Å². The second-order valence-electron chi connectivity index (χ2n) is 5.07. The Labute approximate surface area is 130 Å². The largest absolute Gasteiger partial charge is 0.383 e. The van der Waals surface area contributed by atoms with Gasteiger partial charge in [0.1, 0.15) is 0 Å². The molecule has 0 saturated carbocycles. The molecule has 1 aromatic rings. The van der Waals surface area contributed by atoms with Crippen molar-refractivity contribution in [1.29, 1.82) is 0 Å². The maximum absolute atomic E-state index is 12.6. The Bertz CT molecular complexity index is 586. The summed E-state index contributed by atoms with van der Waals surface area (Å²) < 4.78 is 28.2. The van der Waals surface area contributed by atoms with Gasteiger partial charge in [-0.2, -0.15) is 0 Å². The van der Waals surface area contributed by atoms with Crippen LogP contribution < -0.4 is 0 Å². The van der Waals surface area contributed by atoms with E-state index in [1.165, 1.54) is 18.2 Å². The lowest BCUT2D eigenvalue weighted by Crippen LogP contribution is -2.37. The molecule has 1 rings (SSSR count). The zero-order chi connectivity index (χ0) is 16.0. The number of methoxy groups -OCH3 is 1. The van der Waals surface area contributed by atoms with Crippen LogP contribution in [0.25, 0.3) is 0 Å². The Morgan fingerprint density at radius 1 is 1.33 bits per heavy atom. The number of benzene rings is 1. The van der Waals surface area contributed by atoms with Crippen LogP contribution in [0.4, 0.5) is 0 Å². The molecule has 0 radical (unpaired) electrons. The first-order chi connectivity index (χ1) is 9.77. The molecular formula is C14H20ClNO4S. The number of carbonyl (C=O) groups excluding carboxylic acids is 1. The van der Waals surface area contributed by atoms with Gasteiger partial charge in [-0.3, -0.25) is 4.79 Å². The molecule has 21 heavy (non-hydrogen) atoms. The van der Waals surface area contributed by atoms with E-state index in [0.717, 1.165) is 0 Å². The van der Waals surface area contributed by atoms with Crippen LogP contribution in [0.3, 0.4) is 0 Å². The number of carbonyl (C=O) groups is 1. The van der Waals surface area contributed by atoms with Gasteiger partial charge in [0.15, 0.2) is 0 Å². The average Bonchev–Trinajstić information content (AvgIpc) is 2.41. The van der Waals surface area contributed by atoms with Gasteiger partial charge >= 0.3 is 0 Å². The topological polar surface area (TPSA) is 63.7 Å². The first-order valence-electron chi connectivity index (χ1n) is 6.59. The Hall–Kier alpha value is -1.11. The molecule has 0 bridgehead atoms. The van der Waals surface area contributed by atoms with E-state index in [0.29, 0.717) is 19.7 Å². The number of hydrogen-bond donors (Lipinski definition) is 0. The van der Waals surface area contributed by atoms with Gasteiger partial charge in [-0.15, -0.1) is 0 Å². The standard InChI is InChI=1S/C14H20ClNO4S/c1-11(2)10-16(8-9-20-3)14(17)12-6-4-5-7-13(12)21(15,18)19/h4-7,11H,8-10H2,1-3H3. The number of amides is 1. The normalized spacial score (nSPS) is 11.7. The van der Waals surface area contributed by atoms with Crippen LogP contribution in [-0.4, -0.2) is 46.0 Å². The van der Waals surface area contributed by atoms with Crippen molar-refractivity contribution in [3.63, 3.8) is 0 Å². The predicted molar refractivity (Wildman–Crippen MR) is 82.1 cm³/mol. The monoisotopic (exact) mass is 333 g/mol. The van der Waals surface area contributed by atoms with Crippen molar-refractivity contribution in [2.45, 2.75) is 18.7 Å². The Balaban J connectivity index is 3.14. The molecule has 0 saturated heterocycles. The average molecular weight is 334 g/mol. The molecule has 7 heteroatoms. The minimum atomic E-state index is -3.97. The molecule has 5 nitrogen and oxygen atoms in total. The van der Waals surface area contributed by atoms with Crippen LogP contribution in [0, 0.1) is 5.92 Å². The molecule has 0 aliphatic carbocycles. The molecule has 0 fully saturated rings. The van der Waals surface area contributed by atoms with Crippen LogP contribution in [-0.2, 0) is 13.8 Å². The molecule has 1 amide bonds. The zero-order valence-corrected chi connectivity index (χ0v) is 13.9. The smallest absolute Gasteiger partial charge is 0.262 e. The van der Waals surface area contributed by atoms with Crippen molar-refractivity contribution in [3.05, 3.63) is 29.8 Å². The van der Waals surface area contributed by atoms with Gasteiger partial charge < -0.3 is 9.64 Å². The van der Waals surface area contributed by atoms with Crippen LogP contribution in [0.1, 0.15) is 24.2 Å². The van der Waals surface area contributed by atoms with Crippen LogP contribution in [0.5, 0.6) is 0 Å². The van der Waals surface area contributed by atoms with Gasteiger partial charge in [0.2, 0.25) is 0 Å². The SMILES string of the molecule is COCCN(CC(C)C)C(=O)c1ccccc1S(=O)(=O)Cl. The van der Waals surface area contributed by atoms with Crippen LogP contribution >= 0.6 is 10.7 Å². The fraction of sp³-hybridized carbons (Fsp3) is 0.500. The van der Waals surface area contributed by atoms with Crippen molar-refractivity contribution in [1.82, 2.24) is 4.90 Å². The van der Waals surface area contributed by atoms with E-state index < -0.39 is 9.05 Å². The summed E-state index contributed by atoms with van der Waals surface area (Å²) in [5, 5.41) is 0. The minimum Gasteiger partial charge on any atom is -0.383 e. The summed E-state index contributed by atoms with van der Waals surface area (Å²) in [4.78, 5) is 14.0. The fourth-order valence-corrected chi connectivity index (χ4v) is 3.01. The first kappa shape index (κ1) is 17.9. The number of nitrogens with zero attached hydrogens (tertiary/aromatic N) is 1. The number of ether oxygens (including phenoxy) is 1. The molecule has 0 atom stereocenters. The summed E-state index contributed by atoms with van der Waals surface area (Å²) >= 11 is 0. The first-order valence-corrected chi connectivity index (χ1v) is 8.90. The van der Waals surface area contributed by atoms with Crippen LogP contribution in [0.2, 0.25) is 0 Å². The lowest BCUT2D eigenvalue weighted by molar-refractivity contribution is 0.0668. The molecule has 0 unspecified atom stereocenters. The molecule has 118 valence electrons. The zero-order valence-electron chi connectivity index (χ0n) is 12.4. The van der Waals surface area contributed by atoms with E-state index >= 15 is 0 Å². The third-order valence-electron chi connectivity index (χ3n) is 2.82. The highest BCUT2D eigenvalue weighted by Crippen LogP contribution is 2.21. The molecule has 0 aromatic heterocycles. The summed E-state index contributed by atoms with van der Waals surface area (Å²) in [6, 6.07) is 5.95. The van der Waals surface area contributed by atoms with Crippen molar-refractivity contribution in [2.75, 3.05) is 26.8 Å². The third-order valence-corrected chi connectivity index (χ3v) is 4.20. The fourth-order valence-electron chi connectivity index (χ4n) is 1.94. The van der Waals surface area contributed by atoms with Gasteiger partial charge in [0.25, 0.3) is 15.0 Å². The summed E-state index contributed by atoms with van der Waals surface area (Å²) in [6.07, 6.45) is 0. The highest BCUT2D eigenvalue weighted by Gasteiger charge is 2.24. The highest BCUT2D eigenvalue weighted by molar-refractivity contribution is 8.13. The van der Waals surface area contributed by atoms with E-state index in [1.807, 2.05) is 13.8 Å². The van der Waals surface area contributed by atoms with E-state index in [9.17, 15) is 13.2 Å². The number of halogens is 1. The Morgan fingerprint density at radius 3 is 2.48 bits per heavy atom. The summed E-state index contributed by atoms with van der Waals surface area (Å²) in [6.45, 7) is 5.26. The molecule has 0 aliphatic heterocycles. The van der Waals surface area contributed by atoms with Crippen molar-refractivity contribution in [3.8, 4) is 0 Å². The predicted octanol–water partition coefficient (Wildman–Crippen LogP) is 2.36. The third kappa shape index (κ3) is 5.30. The van der Waals surface area contributed by atoms with E-state index in [-0.39, 0.29) is 22.3 Å². The van der Waals surface area contributed by atoms with E-state index in [4.69, 9.17) is 15.4 Å².